The van der Waals surface area contributed by atoms with Gasteiger partial charge in [-0.2, -0.15) is 0 Å². The fourth-order valence-electron chi connectivity index (χ4n) is 1.67. The van der Waals surface area contributed by atoms with Crippen LogP contribution in [-0.4, -0.2) is 46.6 Å². The quantitative estimate of drug-likeness (QED) is 0.634. The maximum atomic E-state index is 10.9. The van der Waals surface area contributed by atoms with Gasteiger partial charge in [0, 0.05) is 24.1 Å². The third kappa shape index (κ3) is 3.64. The van der Waals surface area contributed by atoms with Crippen LogP contribution in [0.4, 0.5) is 0 Å². The van der Waals surface area contributed by atoms with Gasteiger partial charge < -0.3 is 0 Å². The van der Waals surface area contributed by atoms with Gasteiger partial charge in [0.15, 0.2) is 10.8 Å². The smallest absolute Gasteiger partial charge is 0.208 e. The second kappa shape index (κ2) is 5.43. The minimum absolute atomic E-state index is 0.358. The lowest BCUT2D eigenvalue weighted by Crippen LogP contribution is -2.24. The first-order chi connectivity index (χ1) is 8.87. The van der Waals surface area contributed by atoms with Crippen LogP contribution < -0.4 is 4.72 Å². The van der Waals surface area contributed by atoms with Gasteiger partial charge in [0.25, 0.3) is 0 Å². The second-order valence-electron chi connectivity index (χ2n) is 4.14. The molecule has 0 aromatic carbocycles. The van der Waals surface area contributed by atoms with Crippen LogP contribution in [0.2, 0.25) is 0 Å². The van der Waals surface area contributed by atoms with Crippen LogP contribution in [-0.2, 0) is 10.0 Å². The summed E-state index contributed by atoms with van der Waals surface area (Å²) in [6.45, 7) is 4.16. The summed E-state index contributed by atoms with van der Waals surface area (Å²) in [5.74, 6) is 1.40. The molecular weight excluding hydrogens is 286 g/mol. The number of nitrogens with zero attached hydrogens (tertiary/aromatic N) is 4. The topological polar surface area (TPSA) is 89.2 Å². The van der Waals surface area contributed by atoms with Crippen LogP contribution in [0.5, 0.6) is 0 Å². The van der Waals surface area contributed by atoms with Crippen molar-refractivity contribution in [2.75, 3.05) is 18.6 Å². The van der Waals surface area contributed by atoms with E-state index in [-0.39, 0.29) is 0 Å². The number of aryl methyl sites for hydroxylation is 2. The number of rotatable bonds is 5. The Labute approximate surface area is 115 Å². The van der Waals surface area contributed by atoms with Crippen molar-refractivity contribution in [3.05, 3.63) is 17.6 Å². The summed E-state index contributed by atoms with van der Waals surface area (Å²) in [6.07, 6.45) is 1.14. The summed E-state index contributed by atoms with van der Waals surface area (Å²) in [5, 5.41) is 8.89. The molecule has 0 aliphatic rings. The van der Waals surface area contributed by atoms with E-state index in [1.807, 2.05) is 24.3 Å². The van der Waals surface area contributed by atoms with Crippen LogP contribution in [0.25, 0.3) is 5.65 Å². The van der Waals surface area contributed by atoms with Gasteiger partial charge in [0.2, 0.25) is 10.0 Å². The van der Waals surface area contributed by atoms with E-state index in [1.165, 1.54) is 11.8 Å². The van der Waals surface area contributed by atoms with Gasteiger partial charge in [0.05, 0.1) is 6.26 Å². The summed E-state index contributed by atoms with van der Waals surface area (Å²) in [4.78, 5) is 4.36. The molecule has 0 saturated carbocycles. The molecule has 104 valence electrons. The summed E-state index contributed by atoms with van der Waals surface area (Å²) in [6, 6.07) is 1.86. The molecule has 0 fully saturated rings. The fraction of sp³-hybridized carbons (Fsp3) is 0.500. The van der Waals surface area contributed by atoms with Crippen LogP contribution in [0, 0.1) is 13.8 Å². The molecule has 9 heteroatoms. The summed E-state index contributed by atoms with van der Waals surface area (Å²) in [7, 11) is -3.14. The Morgan fingerprint density at radius 2 is 2.11 bits per heavy atom. The van der Waals surface area contributed by atoms with E-state index in [0.29, 0.717) is 12.3 Å². The van der Waals surface area contributed by atoms with E-state index in [1.54, 1.807) is 0 Å². The highest BCUT2D eigenvalue weighted by Crippen LogP contribution is 2.18. The first-order valence-electron chi connectivity index (χ1n) is 5.63. The molecule has 0 atom stereocenters. The predicted molar refractivity (Wildman–Crippen MR) is 73.8 cm³/mol. The maximum Gasteiger partial charge on any atom is 0.208 e. The highest BCUT2D eigenvalue weighted by Gasteiger charge is 2.10. The number of sulfonamides is 1. The Bertz CT molecular complexity index is 695. The Kier molecular flexibility index (Phi) is 4.07. The molecule has 0 saturated heterocycles. The van der Waals surface area contributed by atoms with Crippen molar-refractivity contribution in [3.63, 3.8) is 0 Å². The van der Waals surface area contributed by atoms with Crippen LogP contribution in [0.15, 0.2) is 11.2 Å². The molecule has 7 nitrogen and oxygen atoms in total. The number of aromatic nitrogens is 4. The number of hydrogen-bond acceptors (Lipinski definition) is 6. The van der Waals surface area contributed by atoms with Crippen molar-refractivity contribution in [1.82, 2.24) is 24.3 Å². The summed E-state index contributed by atoms with van der Waals surface area (Å²) < 4.78 is 26.2. The molecule has 0 aliphatic heterocycles. The zero-order chi connectivity index (χ0) is 14.0. The third-order valence-electron chi connectivity index (χ3n) is 2.36. The van der Waals surface area contributed by atoms with Gasteiger partial charge >= 0.3 is 0 Å². The summed E-state index contributed by atoms with van der Waals surface area (Å²) >= 11 is 1.44. The third-order valence-corrected chi connectivity index (χ3v) is 4.01. The molecule has 1 N–H and O–H groups in total. The van der Waals surface area contributed by atoms with Gasteiger partial charge in [-0.1, -0.05) is 11.8 Å². The Morgan fingerprint density at radius 1 is 1.37 bits per heavy atom. The average Bonchev–Trinajstić information content (AvgIpc) is 2.66. The van der Waals surface area contributed by atoms with Crippen molar-refractivity contribution >= 4 is 27.4 Å². The lowest BCUT2D eigenvalue weighted by molar-refractivity contribution is 0.590. The molecule has 0 amide bonds. The molecule has 0 radical (unpaired) electrons. The minimum atomic E-state index is -3.14. The SMILES string of the molecule is Cc1cc2nnc(SCCNS(C)(=O)=O)n2c(C)n1. The fourth-order valence-corrected chi connectivity index (χ4v) is 3.11. The molecule has 2 aromatic heterocycles. The van der Waals surface area contributed by atoms with E-state index < -0.39 is 10.0 Å². The first kappa shape index (κ1) is 14.2. The van der Waals surface area contributed by atoms with E-state index in [4.69, 9.17) is 0 Å². The summed E-state index contributed by atoms with van der Waals surface area (Å²) in [5.41, 5.74) is 1.65. The zero-order valence-corrected chi connectivity index (χ0v) is 12.5. The van der Waals surface area contributed by atoms with E-state index >= 15 is 0 Å². The Hall–Kier alpha value is -1.19. The van der Waals surface area contributed by atoms with Crippen molar-refractivity contribution in [3.8, 4) is 0 Å². The maximum absolute atomic E-state index is 10.9. The highest BCUT2D eigenvalue weighted by atomic mass is 32.2. The van der Waals surface area contributed by atoms with Gasteiger partial charge in [0.1, 0.15) is 5.82 Å². The van der Waals surface area contributed by atoms with Gasteiger partial charge in [-0.25, -0.2) is 18.1 Å². The van der Waals surface area contributed by atoms with Crippen LogP contribution >= 0.6 is 11.8 Å². The molecule has 0 bridgehead atoms. The number of hydrogen-bond donors (Lipinski definition) is 1. The number of thioether (sulfide) groups is 1. The Balaban J connectivity index is 2.10. The molecule has 2 aromatic rings. The molecule has 0 spiro atoms. The second-order valence-corrected chi connectivity index (χ2v) is 7.03. The van der Waals surface area contributed by atoms with Crippen LogP contribution in [0.1, 0.15) is 11.5 Å². The first-order valence-corrected chi connectivity index (χ1v) is 8.51. The largest absolute Gasteiger partial charge is 0.258 e. The average molecular weight is 301 g/mol. The van der Waals surface area contributed by atoms with Crippen molar-refractivity contribution in [2.24, 2.45) is 0 Å². The molecule has 0 aliphatic carbocycles. The van der Waals surface area contributed by atoms with E-state index in [2.05, 4.69) is 19.9 Å². The lowest BCUT2D eigenvalue weighted by Gasteiger charge is -2.04. The van der Waals surface area contributed by atoms with Gasteiger partial charge in [-0.15, -0.1) is 10.2 Å². The Morgan fingerprint density at radius 3 is 2.79 bits per heavy atom. The monoisotopic (exact) mass is 301 g/mol. The van der Waals surface area contributed by atoms with Crippen molar-refractivity contribution < 1.29 is 8.42 Å². The standard InChI is InChI=1S/C10H15N5O2S2/c1-7-6-9-13-14-10(15(9)8(2)12-7)18-5-4-11-19(3,16)17/h6,11H,4-5H2,1-3H3. The predicted octanol–water partition coefficient (Wildman–Crippen LogP) is 0.382. The minimum Gasteiger partial charge on any atom is -0.258 e. The molecular formula is C10H15N5O2S2. The molecule has 2 heterocycles. The van der Waals surface area contributed by atoms with Crippen molar-refractivity contribution in [2.45, 2.75) is 19.0 Å². The van der Waals surface area contributed by atoms with Crippen molar-refractivity contribution in [1.29, 1.82) is 0 Å². The molecule has 2 rings (SSSR count). The van der Waals surface area contributed by atoms with E-state index in [9.17, 15) is 8.42 Å². The molecule has 0 unspecified atom stereocenters. The molecule has 19 heavy (non-hydrogen) atoms. The normalized spacial score (nSPS) is 12.2. The number of fused-ring (bicyclic) bond motifs is 1. The zero-order valence-electron chi connectivity index (χ0n) is 10.9. The highest BCUT2D eigenvalue weighted by molar-refractivity contribution is 7.99. The lowest BCUT2D eigenvalue weighted by atomic mass is 10.4. The number of nitrogens with one attached hydrogen (secondary N) is 1. The van der Waals surface area contributed by atoms with Crippen LogP contribution in [0.3, 0.4) is 0 Å². The van der Waals surface area contributed by atoms with Gasteiger partial charge in [-0.3, -0.25) is 4.40 Å². The van der Waals surface area contributed by atoms with Gasteiger partial charge in [-0.05, 0) is 13.8 Å². The van der Waals surface area contributed by atoms with E-state index in [0.717, 1.165) is 28.6 Å².